The predicted molar refractivity (Wildman–Crippen MR) is 329 cm³/mol. The number of benzene rings is 9. The highest BCUT2D eigenvalue weighted by atomic mass is 15.0. The Kier molecular flexibility index (Phi) is 10.0. The molecule has 14 rings (SSSR count). The zero-order valence-corrected chi connectivity index (χ0v) is 46.6. The van der Waals surface area contributed by atoms with Gasteiger partial charge in [0.15, 0.2) is 5.82 Å². The second kappa shape index (κ2) is 16.3. The molecule has 4 nitrogen and oxygen atoms in total. The maximum absolute atomic E-state index is 5.65. The largest absolute Gasteiger partial charge is 0.310 e. The van der Waals surface area contributed by atoms with Crippen molar-refractivity contribution in [2.75, 3.05) is 0 Å². The van der Waals surface area contributed by atoms with E-state index in [1.54, 1.807) is 0 Å². The Bertz CT molecular complexity index is 4230. The molecule has 9 aromatic carbocycles. The van der Waals surface area contributed by atoms with Crippen LogP contribution in [0.15, 0.2) is 176 Å². The van der Waals surface area contributed by atoms with Gasteiger partial charge in [-0.3, -0.25) is 0 Å². The summed E-state index contributed by atoms with van der Waals surface area (Å²) in [5, 5.41) is 6.33. The molecule has 3 aromatic heterocycles. The van der Waals surface area contributed by atoms with E-state index >= 15 is 0 Å². The van der Waals surface area contributed by atoms with Gasteiger partial charge in [0.1, 0.15) is 0 Å². The summed E-state index contributed by atoms with van der Waals surface area (Å²) in [6, 6.07) is 66.3. The van der Waals surface area contributed by atoms with Crippen LogP contribution in [-0.4, -0.2) is 25.8 Å². The van der Waals surface area contributed by atoms with Crippen molar-refractivity contribution < 1.29 is 0 Å². The van der Waals surface area contributed by atoms with E-state index in [0.717, 1.165) is 33.5 Å². The first-order valence-electron chi connectivity index (χ1n) is 27.7. The summed E-state index contributed by atoms with van der Waals surface area (Å²) in [6.45, 7) is 28.5. The molecule has 0 atom stereocenters. The van der Waals surface area contributed by atoms with E-state index in [0.29, 0.717) is 0 Å². The van der Waals surface area contributed by atoms with Crippen molar-refractivity contribution in [3.63, 3.8) is 0 Å². The van der Waals surface area contributed by atoms with Crippen molar-refractivity contribution in [1.29, 1.82) is 0 Å². The van der Waals surface area contributed by atoms with Gasteiger partial charge in [0.05, 0.1) is 33.3 Å². The molecule has 0 amide bonds. The van der Waals surface area contributed by atoms with E-state index in [1.807, 2.05) is 0 Å². The first-order chi connectivity index (χ1) is 36.8. The fourth-order valence-corrected chi connectivity index (χ4v) is 13.2. The van der Waals surface area contributed by atoms with E-state index in [-0.39, 0.29) is 28.4 Å². The minimum absolute atomic E-state index is 0.0790. The third kappa shape index (κ3) is 7.04. The highest BCUT2D eigenvalue weighted by Crippen LogP contribution is 2.50. The van der Waals surface area contributed by atoms with Crippen LogP contribution in [-0.2, 0) is 21.7 Å². The number of aromatic nitrogens is 4. The van der Waals surface area contributed by atoms with E-state index in [1.165, 1.54) is 116 Å². The molecule has 77 heavy (non-hydrogen) atoms. The zero-order chi connectivity index (χ0) is 53.2. The van der Waals surface area contributed by atoms with Crippen LogP contribution in [0.25, 0.3) is 111 Å². The average Bonchev–Trinajstić information content (AvgIpc) is 3.96. The van der Waals surface area contributed by atoms with E-state index in [4.69, 9.17) is 9.97 Å². The van der Waals surface area contributed by atoms with Crippen LogP contribution in [0, 0.1) is 0 Å². The third-order valence-electron chi connectivity index (χ3n) is 17.0. The summed E-state index contributed by atoms with van der Waals surface area (Å²) in [7, 11) is 0. The molecule has 12 aromatic rings. The summed E-state index contributed by atoms with van der Waals surface area (Å²) in [6.07, 6.45) is 0. The molecular formula is C72H65BN4. The van der Waals surface area contributed by atoms with Gasteiger partial charge in [0.25, 0.3) is 6.71 Å². The number of nitrogens with zero attached hydrogens (tertiary/aromatic N) is 4. The normalized spacial score (nSPS) is 13.4. The maximum Gasteiger partial charge on any atom is 0.252 e. The Hall–Kier alpha value is -8.02. The van der Waals surface area contributed by atoms with E-state index < -0.39 is 0 Å². The van der Waals surface area contributed by atoms with Gasteiger partial charge in [0, 0.05) is 49.4 Å². The lowest BCUT2D eigenvalue weighted by Gasteiger charge is -2.35. The van der Waals surface area contributed by atoms with Crippen molar-refractivity contribution in [3.05, 3.63) is 198 Å². The monoisotopic (exact) mass is 997 g/mol. The third-order valence-corrected chi connectivity index (χ3v) is 17.0. The standard InChI is InChI=1S/C72H65BN4/c1-69(2,3)46-38-51(71(7,8)9)62-56(40-46)76-58-36-45(65-50-30-22-23-31-55(50)74-68(75-65)44-28-20-15-21-29-44)37-59-64(58)73(53-34-32-48(60(62)66(53)76)42-24-16-13-17-25-42)54-35-33-49(43-26-18-14-19-27-43)61-63-52(72(10,11)12)39-47(70(4,5)6)41-57(63)77(59)67(54)61/h13-41H,1-12H3. The van der Waals surface area contributed by atoms with Gasteiger partial charge >= 0.3 is 0 Å². The lowest BCUT2D eigenvalue weighted by molar-refractivity contribution is 0.572. The molecule has 0 spiro atoms. The summed E-state index contributed by atoms with van der Waals surface area (Å²) >= 11 is 0. The lowest BCUT2D eigenvalue weighted by atomic mass is 9.34. The summed E-state index contributed by atoms with van der Waals surface area (Å²) in [4.78, 5) is 10.9. The smallest absolute Gasteiger partial charge is 0.252 e. The second-order valence-electron chi connectivity index (χ2n) is 26.2. The average molecular weight is 997 g/mol. The molecule has 0 saturated heterocycles. The number of hydrogen-bond acceptors (Lipinski definition) is 2. The van der Waals surface area contributed by atoms with Gasteiger partial charge in [-0.1, -0.05) is 229 Å². The summed E-state index contributed by atoms with van der Waals surface area (Å²) in [5.41, 5.74) is 25.2. The molecule has 0 radical (unpaired) electrons. The molecule has 5 heterocycles. The van der Waals surface area contributed by atoms with Crippen LogP contribution in [0.5, 0.6) is 0 Å². The van der Waals surface area contributed by atoms with Gasteiger partial charge in [0.2, 0.25) is 0 Å². The number of rotatable bonds is 4. The first-order valence-corrected chi connectivity index (χ1v) is 27.7. The van der Waals surface area contributed by atoms with Gasteiger partial charge in [-0.15, -0.1) is 0 Å². The first kappa shape index (κ1) is 47.4. The predicted octanol–water partition coefficient (Wildman–Crippen LogP) is 16.8. The highest BCUT2D eigenvalue weighted by molar-refractivity contribution is 7.00. The Balaban J connectivity index is 1.25. The molecule has 0 N–H and O–H groups in total. The quantitative estimate of drug-likeness (QED) is 0.165. The van der Waals surface area contributed by atoms with Crippen molar-refractivity contribution in [3.8, 4) is 56.3 Å². The Morgan fingerprint density at radius 3 is 1.25 bits per heavy atom. The molecule has 376 valence electrons. The van der Waals surface area contributed by atoms with Crippen LogP contribution >= 0.6 is 0 Å². The lowest BCUT2D eigenvalue weighted by Crippen LogP contribution is -2.59. The molecule has 2 aliphatic heterocycles. The second-order valence-corrected chi connectivity index (χ2v) is 26.2. The van der Waals surface area contributed by atoms with Gasteiger partial charge < -0.3 is 9.13 Å². The summed E-state index contributed by atoms with van der Waals surface area (Å²) in [5.74, 6) is 0.719. The number of fused-ring (bicyclic) bond motifs is 11. The van der Waals surface area contributed by atoms with Crippen LogP contribution in [0.4, 0.5) is 0 Å². The van der Waals surface area contributed by atoms with Gasteiger partial charge in [-0.05, 0) is 113 Å². The van der Waals surface area contributed by atoms with Gasteiger partial charge in [-0.2, -0.15) is 0 Å². The van der Waals surface area contributed by atoms with Crippen LogP contribution in [0.2, 0.25) is 0 Å². The molecule has 2 aliphatic rings. The molecule has 0 aliphatic carbocycles. The minimum Gasteiger partial charge on any atom is -0.310 e. The zero-order valence-electron chi connectivity index (χ0n) is 46.6. The Labute approximate surface area is 453 Å². The van der Waals surface area contributed by atoms with Gasteiger partial charge in [-0.25, -0.2) is 9.97 Å². The van der Waals surface area contributed by atoms with E-state index in [9.17, 15) is 0 Å². The van der Waals surface area contributed by atoms with Crippen molar-refractivity contribution in [2.24, 2.45) is 0 Å². The van der Waals surface area contributed by atoms with Crippen molar-refractivity contribution in [1.82, 2.24) is 19.1 Å². The summed E-state index contributed by atoms with van der Waals surface area (Å²) < 4.78 is 5.40. The Morgan fingerprint density at radius 1 is 0.377 bits per heavy atom. The topological polar surface area (TPSA) is 35.6 Å². The SMILES string of the molecule is CC(C)(C)c1cc(C(C)(C)C)c2c3c(-c4ccccc4)ccc4c3n(c2c1)-c1cc(-c2nc(-c3ccccc3)nc3ccccc23)cc2c1B4c1ccc(-c3ccccc3)c3c4c(C(C)(C)C)cc(C(C)(C)C)cc4n-2c13. The molecule has 0 saturated carbocycles. The number of hydrogen-bond donors (Lipinski definition) is 0. The highest BCUT2D eigenvalue weighted by Gasteiger charge is 2.44. The molecule has 0 bridgehead atoms. The maximum atomic E-state index is 5.65. The van der Waals surface area contributed by atoms with Crippen molar-refractivity contribution >= 4 is 77.6 Å². The van der Waals surface area contributed by atoms with Crippen molar-refractivity contribution in [2.45, 2.75) is 105 Å². The fourth-order valence-electron chi connectivity index (χ4n) is 13.2. The number of para-hydroxylation sites is 1. The fraction of sp³-hybridized carbons (Fsp3) is 0.222. The molecular weight excluding hydrogens is 932 g/mol. The van der Waals surface area contributed by atoms with Crippen LogP contribution in [0.1, 0.15) is 105 Å². The molecule has 0 unspecified atom stereocenters. The van der Waals surface area contributed by atoms with Crippen LogP contribution < -0.4 is 16.4 Å². The Morgan fingerprint density at radius 2 is 0.805 bits per heavy atom. The molecule has 5 heteroatoms. The van der Waals surface area contributed by atoms with Crippen LogP contribution in [0.3, 0.4) is 0 Å². The minimum atomic E-state index is -0.167. The molecule has 0 fully saturated rings. The van der Waals surface area contributed by atoms with E-state index in [2.05, 4.69) is 268 Å².